The first-order chi connectivity index (χ1) is 17.4. The fourth-order valence-electron chi connectivity index (χ4n) is 5.34. The molecule has 0 radical (unpaired) electrons. The van der Waals surface area contributed by atoms with Crippen molar-refractivity contribution in [1.82, 2.24) is 9.80 Å². The van der Waals surface area contributed by atoms with E-state index in [2.05, 4.69) is 5.32 Å². The Morgan fingerprint density at radius 3 is 2.54 bits per heavy atom. The number of carbonyl (C=O) groups excluding carboxylic acids is 2. The number of thioether (sulfide) groups is 1. The quantitative estimate of drug-likeness (QED) is 0.277. The van der Waals surface area contributed by atoms with Crippen LogP contribution >= 0.6 is 19.4 Å². The van der Waals surface area contributed by atoms with E-state index in [1.165, 1.54) is 47.9 Å². The number of hydrogen-bond acceptors (Lipinski definition) is 8. The molecule has 4 N–H and O–H groups in total. The lowest BCUT2D eigenvalue weighted by molar-refractivity contribution is -0.159. The van der Waals surface area contributed by atoms with Crippen LogP contribution in [-0.4, -0.2) is 85.1 Å². The number of rotatable bonds is 8. The topological polar surface area (TPSA) is 182 Å². The largest absolute Gasteiger partial charge is 0.478 e. The van der Waals surface area contributed by atoms with E-state index in [1.54, 1.807) is 0 Å². The van der Waals surface area contributed by atoms with Crippen molar-refractivity contribution >= 4 is 49.0 Å². The lowest BCUT2D eigenvalue weighted by atomic mass is 9.79. The SMILES string of the molecule is CC(O)C1C(=O)N2C(CP(=O)=O)=C(SC3C[C@@H](C(=O)Nc4cccc(C(=O)O)c4)N(C(=O)O)C3)C(C)C12. The molecular formula is C23H26N3O9PS. The van der Waals surface area contributed by atoms with Gasteiger partial charge in [0.25, 0.3) is 0 Å². The summed E-state index contributed by atoms with van der Waals surface area (Å²) in [4.78, 5) is 51.9. The summed E-state index contributed by atoms with van der Waals surface area (Å²) in [6, 6.07) is 4.17. The van der Waals surface area contributed by atoms with Gasteiger partial charge in [-0.3, -0.25) is 14.5 Å². The molecule has 0 aromatic heterocycles. The second-order valence-electron chi connectivity index (χ2n) is 9.36. The summed E-state index contributed by atoms with van der Waals surface area (Å²) < 4.78 is 23.2. The summed E-state index contributed by atoms with van der Waals surface area (Å²) in [5.74, 6) is -3.04. The zero-order valence-electron chi connectivity index (χ0n) is 19.9. The number of β-lactam (4-membered cyclic amide) rings is 1. The molecule has 5 unspecified atom stereocenters. The van der Waals surface area contributed by atoms with Crippen LogP contribution in [0.5, 0.6) is 0 Å². The van der Waals surface area contributed by atoms with Crippen LogP contribution in [0.4, 0.5) is 10.5 Å². The molecule has 6 atom stereocenters. The van der Waals surface area contributed by atoms with Gasteiger partial charge in [-0.1, -0.05) is 13.0 Å². The molecule has 3 aliphatic heterocycles. The minimum absolute atomic E-state index is 0.00128. The molecule has 2 saturated heterocycles. The predicted octanol–water partition coefficient (Wildman–Crippen LogP) is 2.42. The van der Waals surface area contributed by atoms with Crippen molar-refractivity contribution in [3.63, 3.8) is 0 Å². The first-order valence-corrected chi connectivity index (χ1v) is 13.8. The van der Waals surface area contributed by atoms with Crippen molar-refractivity contribution in [1.29, 1.82) is 0 Å². The maximum absolute atomic E-state index is 13.0. The Hall–Kier alpha value is -3.15. The van der Waals surface area contributed by atoms with Crippen LogP contribution in [0.25, 0.3) is 0 Å². The molecule has 3 aliphatic rings. The summed E-state index contributed by atoms with van der Waals surface area (Å²) in [5, 5.41) is 31.1. The Kier molecular flexibility index (Phi) is 7.50. The number of carbonyl (C=O) groups is 4. The standard InChI is InChI=1S/C23H26N3O9PS/c1-10-18-17(11(2)27)21(29)26(18)16(9-36(34)35)19(10)37-14-7-15(25(8-14)23(32)33)20(28)24-13-5-3-4-12(6-13)22(30)31/h3-6,10-11,14-15,17-18,27H,7-9H2,1-2H3,(H,24,28)(H,30,31)(H,32,33)/t10?,11?,14?,15-,17?,18?/m0/s1. The Labute approximate surface area is 216 Å². The summed E-state index contributed by atoms with van der Waals surface area (Å²) >= 11 is 1.27. The third-order valence-electron chi connectivity index (χ3n) is 6.97. The fourth-order valence-corrected chi connectivity index (χ4v) is 7.55. The highest BCUT2D eigenvalue weighted by Crippen LogP contribution is 2.53. The molecule has 0 aliphatic carbocycles. The van der Waals surface area contributed by atoms with Gasteiger partial charge in [0.2, 0.25) is 11.8 Å². The number of nitrogens with zero attached hydrogens (tertiary/aromatic N) is 2. The van der Waals surface area contributed by atoms with Crippen LogP contribution in [0.1, 0.15) is 30.6 Å². The molecule has 198 valence electrons. The molecule has 37 heavy (non-hydrogen) atoms. The van der Waals surface area contributed by atoms with Gasteiger partial charge in [-0.05, 0) is 31.5 Å². The van der Waals surface area contributed by atoms with E-state index < -0.39 is 49.0 Å². The van der Waals surface area contributed by atoms with Gasteiger partial charge in [0.05, 0.1) is 29.8 Å². The van der Waals surface area contributed by atoms with Crippen LogP contribution in [0.2, 0.25) is 0 Å². The molecular weight excluding hydrogens is 525 g/mol. The van der Waals surface area contributed by atoms with Gasteiger partial charge in [0, 0.05) is 34.0 Å². The number of aliphatic hydroxyl groups excluding tert-OH is 1. The molecule has 1 aromatic carbocycles. The van der Waals surface area contributed by atoms with Crippen molar-refractivity contribution in [3.05, 3.63) is 40.4 Å². The van der Waals surface area contributed by atoms with Crippen molar-refractivity contribution in [3.8, 4) is 0 Å². The third-order valence-corrected chi connectivity index (χ3v) is 9.06. The van der Waals surface area contributed by atoms with Crippen LogP contribution in [0, 0.1) is 11.8 Å². The lowest BCUT2D eigenvalue weighted by Crippen LogP contribution is -2.63. The van der Waals surface area contributed by atoms with E-state index in [-0.39, 0.29) is 48.2 Å². The normalized spacial score (nSPS) is 27.5. The number of aromatic carboxylic acids is 1. The monoisotopic (exact) mass is 551 g/mol. The number of hydrogen-bond donors (Lipinski definition) is 4. The van der Waals surface area contributed by atoms with E-state index in [9.17, 15) is 38.5 Å². The van der Waals surface area contributed by atoms with E-state index in [0.717, 1.165) is 4.90 Å². The third kappa shape index (κ3) is 5.03. The van der Waals surface area contributed by atoms with Gasteiger partial charge in [-0.25, -0.2) is 18.7 Å². The Balaban J connectivity index is 1.54. The van der Waals surface area contributed by atoms with Gasteiger partial charge in [-0.2, -0.15) is 0 Å². The highest BCUT2D eigenvalue weighted by Gasteiger charge is 2.59. The number of benzene rings is 1. The number of carboxylic acids is 1. The Morgan fingerprint density at radius 1 is 1.24 bits per heavy atom. The Bertz CT molecular complexity index is 1260. The number of amides is 3. The summed E-state index contributed by atoms with van der Waals surface area (Å²) in [7, 11) is -2.85. The highest BCUT2D eigenvalue weighted by molar-refractivity contribution is 8.03. The van der Waals surface area contributed by atoms with Gasteiger partial charge in [0.1, 0.15) is 6.04 Å². The van der Waals surface area contributed by atoms with Crippen molar-refractivity contribution < 1.29 is 43.6 Å². The highest BCUT2D eigenvalue weighted by atomic mass is 32.2. The summed E-state index contributed by atoms with van der Waals surface area (Å²) in [6.07, 6.45) is -2.42. The zero-order chi connectivity index (χ0) is 27.2. The maximum atomic E-state index is 13.0. The number of allylic oxidation sites excluding steroid dienone is 1. The molecule has 0 bridgehead atoms. The number of carboxylic acid groups (broad SMARTS) is 2. The molecule has 2 fully saturated rings. The molecule has 3 heterocycles. The number of nitrogens with one attached hydrogen (secondary N) is 1. The number of likely N-dealkylation sites (tertiary alicyclic amines) is 1. The van der Waals surface area contributed by atoms with Crippen LogP contribution in [0.15, 0.2) is 34.9 Å². The molecule has 14 heteroatoms. The van der Waals surface area contributed by atoms with Crippen molar-refractivity contribution in [2.45, 2.75) is 43.7 Å². The van der Waals surface area contributed by atoms with Crippen LogP contribution < -0.4 is 5.32 Å². The minimum atomic E-state index is -2.85. The first-order valence-electron chi connectivity index (χ1n) is 11.6. The van der Waals surface area contributed by atoms with Crippen molar-refractivity contribution in [2.24, 2.45) is 11.8 Å². The number of anilines is 1. The zero-order valence-corrected chi connectivity index (χ0v) is 21.6. The van der Waals surface area contributed by atoms with E-state index >= 15 is 0 Å². The molecule has 0 saturated carbocycles. The molecule has 3 amide bonds. The van der Waals surface area contributed by atoms with Gasteiger partial charge >= 0.3 is 19.7 Å². The van der Waals surface area contributed by atoms with Crippen molar-refractivity contribution in [2.75, 3.05) is 18.0 Å². The average molecular weight is 552 g/mol. The van der Waals surface area contributed by atoms with Gasteiger partial charge < -0.3 is 25.5 Å². The second kappa shape index (κ2) is 10.3. The smallest absolute Gasteiger partial charge is 0.408 e. The molecule has 1 aromatic rings. The Morgan fingerprint density at radius 2 is 1.95 bits per heavy atom. The van der Waals surface area contributed by atoms with E-state index in [4.69, 9.17) is 5.11 Å². The molecule has 0 spiro atoms. The molecule has 12 nitrogen and oxygen atoms in total. The lowest BCUT2D eigenvalue weighted by Gasteiger charge is -2.47. The van der Waals surface area contributed by atoms with E-state index in [1.807, 2.05) is 6.92 Å². The summed E-state index contributed by atoms with van der Waals surface area (Å²) in [5.41, 5.74) is 0.529. The first kappa shape index (κ1) is 26.9. The summed E-state index contributed by atoms with van der Waals surface area (Å²) in [6.45, 7) is 3.36. The van der Waals surface area contributed by atoms with Gasteiger partial charge in [-0.15, -0.1) is 11.8 Å². The fraction of sp³-hybridized carbons (Fsp3) is 0.478. The molecule has 4 rings (SSSR count). The maximum Gasteiger partial charge on any atom is 0.408 e. The van der Waals surface area contributed by atoms with Crippen LogP contribution in [-0.2, 0) is 18.7 Å². The average Bonchev–Trinajstić information content (AvgIpc) is 3.32. The second-order valence-corrected chi connectivity index (χ2v) is 11.7. The predicted molar refractivity (Wildman–Crippen MR) is 132 cm³/mol. The van der Waals surface area contributed by atoms with Crippen LogP contribution in [0.3, 0.4) is 0 Å². The van der Waals surface area contributed by atoms with Gasteiger partial charge in [0.15, 0.2) is 0 Å². The number of aliphatic hydroxyl groups is 1. The number of fused-ring (bicyclic) bond motifs is 1. The minimum Gasteiger partial charge on any atom is -0.478 e. The van der Waals surface area contributed by atoms with E-state index in [0.29, 0.717) is 10.6 Å².